The van der Waals surface area contributed by atoms with Gasteiger partial charge in [0, 0.05) is 14.1 Å². The lowest BCUT2D eigenvalue weighted by Crippen LogP contribution is -2.16. The highest BCUT2D eigenvalue weighted by Gasteiger charge is 2.13. The summed E-state index contributed by atoms with van der Waals surface area (Å²) in [5.74, 6) is -0.301. The molecule has 0 aliphatic carbocycles. The first-order chi connectivity index (χ1) is 10.4. The molecule has 0 aliphatic heterocycles. The lowest BCUT2D eigenvalue weighted by atomic mass is 10.1. The molecule has 1 N–H and O–H groups in total. The number of anilines is 2. The van der Waals surface area contributed by atoms with Crippen molar-refractivity contribution >= 4 is 11.8 Å². The van der Waals surface area contributed by atoms with Crippen molar-refractivity contribution in [2.45, 2.75) is 13.0 Å². The van der Waals surface area contributed by atoms with Gasteiger partial charge in [-0.2, -0.15) is 4.98 Å². The van der Waals surface area contributed by atoms with E-state index in [2.05, 4.69) is 15.3 Å². The predicted molar refractivity (Wildman–Crippen MR) is 81.3 cm³/mol. The van der Waals surface area contributed by atoms with Crippen LogP contribution in [0.5, 0.6) is 5.75 Å². The molecule has 1 aromatic heterocycles. The number of nitrogens with one attached hydrogen (secondary N) is 1. The SMILES string of the molecule is COc1ccc(C(C)Nc2ncc(F)c(N(C)C)n2)cc1F. The molecule has 118 valence electrons. The minimum absolute atomic E-state index is 0.184. The Balaban J connectivity index is 2.20. The number of aromatic nitrogens is 2. The number of halogens is 2. The number of rotatable bonds is 5. The summed E-state index contributed by atoms with van der Waals surface area (Å²) in [4.78, 5) is 9.56. The average Bonchev–Trinajstić information content (AvgIpc) is 2.48. The van der Waals surface area contributed by atoms with Gasteiger partial charge in [-0.05, 0) is 24.6 Å². The summed E-state index contributed by atoms with van der Waals surface area (Å²) >= 11 is 0. The van der Waals surface area contributed by atoms with Crippen molar-refractivity contribution in [1.82, 2.24) is 9.97 Å². The van der Waals surface area contributed by atoms with Crippen molar-refractivity contribution in [3.63, 3.8) is 0 Å². The molecule has 22 heavy (non-hydrogen) atoms. The van der Waals surface area contributed by atoms with Crippen LogP contribution in [0.1, 0.15) is 18.5 Å². The van der Waals surface area contributed by atoms with Crippen molar-refractivity contribution in [3.8, 4) is 5.75 Å². The van der Waals surface area contributed by atoms with Crippen molar-refractivity contribution < 1.29 is 13.5 Å². The molecule has 0 spiro atoms. The standard InChI is InChI=1S/C15H18F2N4O/c1-9(10-5-6-13(22-4)11(16)7-10)19-15-18-8-12(17)14(20-15)21(2)3/h5-9H,1-4H3,(H,18,19,20). The second-order valence-corrected chi connectivity index (χ2v) is 5.02. The van der Waals surface area contributed by atoms with Crippen molar-refractivity contribution in [2.75, 3.05) is 31.4 Å². The van der Waals surface area contributed by atoms with E-state index in [9.17, 15) is 8.78 Å². The van der Waals surface area contributed by atoms with Gasteiger partial charge in [-0.25, -0.2) is 13.8 Å². The fourth-order valence-electron chi connectivity index (χ4n) is 1.97. The molecule has 1 heterocycles. The Hall–Kier alpha value is -2.44. The Morgan fingerprint density at radius 3 is 2.55 bits per heavy atom. The fourth-order valence-corrected chi connectivity index (χ4v) is 1.97. The molecule has 0 aliphatic rings. The van der Waals surface area contributed by atoms with E-state index in [1.807, 2.05) is 6.92 Å². The van der Waals surface area contributed by atoms with Crippen LogP contribution in [-0.2, 0) is 0 Å². The van der Waals surface area contributed by atoms with Crippen LogP contribution in [-0.4, -0.2) is 31.2 Å². The van der Waals surface area contributed by atoms with Gasteiger partial charge in [-0.15, -0.1) is 0 Å². The lowest BCUT2D eigenvalue weighted by molar-refractivity contribution is 0.386. The van der Waals surface area contributed by atoms with E-state index in [0.717, 1.165) is 6.20 Å². The quantitative estimate of drug-likeness (QED) is 0.920. The summed E-state index contributed by atoms with van der Waals surface area (Å²) in [5, 5.41) is 3.02. The smallest absolute Gasteiger partial charge is 0.225 e. The summed E-state index contributed by atoms with van der Waals surface area (Å²) in [7, 11) is 4.80. The van der Waals surface area contributed by atoms with Gasteiger partial charge in [0.1, 0.15) is 0 Å². The molecule has 0 amide bonds. The first-order valence-electron chi connectivity index (χ1n) is 6.72. The highest BCUT2D eigenvalue weighted by molar-refractivity contribution is 5.43. The number of hydrogen-bond acceptors (Lipinski definition) is 5. The zero-order valence-electron chi connectivity index (χ0n) is 12.9. The zero-order valence-corrected chi connectivity index (χ0v) is 12.9. The third-order valence-electron chi connectivity index (χ3n) is 3.17. The van der Waals surface area contributed by atoms with Gasteiger partial charge in [0.2, 0.25) is 5.95 Å². The highest BCUT2D eigenvalue weighted by atomic mass is 19.1. The van der Waals surface area contributed by atoms with Gasteiger partial charge in [-0.1, -0.05) is 6.07 Å². The topological polar surface area (TPSA) is 50.3 Å². The normalized spacial score (nSPS) is 11.9. The molecule has 1 aromatic carbocycles. The van der Waals surface area contributed by atoms with Gasteiger partial charge in [0.15, 0.2) is 23.2 Å². The van der Waals surface area contributed by atoms with Gasteiger partial charge in [0.25, 0.3) is 0 Å². The Morgan fingerprint density at radius 1 is 1.23 bits per heavy atom. The largest absolute Gasteiger partial charge is 0.494 e. The second kappa shape index (κ2) is 6.55. The minimum Gasteiger partial charge on any atom is -0.494 e. The van der Waals surface area contributed by atoms with Crippen LogP contribution in [0, 0.1) is 11.6 Å². The summed E-state index contributed by atoms with van der Waals surface area (Å²) in [6.07, 6.45) is 1.10. The van der Waals surface area contributed by atoms with E-state index >= 15 is 0 Å². The van der Waals surface area contributed by atoms with Gasteiger partial charge < -0.3 is 15.0 Å². The number of benzene rings is 1. The van der Waals surface area contributed by atoms with Crippen LogP contribution in [0.4, 0.5) is 20.5 Å². The monoisotopic (exact) mass is 308 g/mol. The first-order valence-corrected chi connectivity index (χ1v) is 6.72. The minimum atomic E-state index is -0.501. The number of nitrogens with zero attached hydrogens (tertiary/aromatic N) is 3. The molecule has 1 unspecified atom stereocenters. The summed E-state index contributed by atoms with van der Waals surface area (Å²) in [6, 6.07) is 4.43. The van der Waals surface area contributed by atoms with Crippen LogP contribution in [0.2, 0.25) is 0 Å². The third-order valence-corrected chi connectivity index (χ3v) is 3.17. The maximum absolute atomic E-state index is 13.7. The first kappa shape index (κ1) is 15.9. The molecule has 5 nitrogen and oxygen atoms in total. The van der Waals surface area contributed by atoms with Crippen LogP contribution >= 0.6 is 0 Å². The third kappa shape index (κ3) is 3.41. The average molecular weight is 308 g/mol. The summed E-state index contributed by atoms with van der Waals surface area (Å²) in [6.45, 7) is 1.84. The van der Waals surface area contributed by atoms with Crippen molar-refractivity contribution in [1.29, 1.82) is 0 Å². The van der Waals surface area contributed by atoms with Crippen LogP contribution in [0.25, 0.3) is 0 Å². The van der Waals surface area contributed by atoms with E-state index in [1.54, 1.807) is 31.1 Å². The number of hydrogen-bond donors (Lipinski definition) is 1. The molecule has 2 rings (SSSR count). The maximum Gasteiger partial charge on any atom is 0.225 e. The van der Waals surface area contributed by atoms with Crippen LogP contribution < -0.4 is 15.0 Å². The molecular formula is C15H18F2N4O. The lowest BCUT2D eigenvalue weighted by Gasteiger charge is -2.17. The predicted octanol–water partition coefficient (Wildman–Crippen LogP) is 3.00. The Kier molecular flexibility index (Phi) is 4.75. The van der Waals surface area contributed by atoms with E-state index in [-0.39, 0.29) is 23.6 Å². The van der Waals surface area contributed by atoms with E-state index in [1.165, 1.54) is 13.2 Å². The summed E-state index contributed by atoms with van der Waals surface area (Å²) in [5.41, 5.74) is 0.706. The van der Waals surface area contributed by atoms with Crippen molar-refractivity contribution in [3.05, 3.63) is 41.6 Å². The fraction of sp³-hybridized carbons (Fsp3) is 0.333. The van der Waals surface area contributed by atoms with Gasteiger partial charge >= 0.3 is 0 Å². The maximum atomic E-state index is 13.7. The van der Waals surface area contributed by atoms with E-state index in [4.69, 9.17) is 4.74 Å². The molecule has 0 bridgehead atoms. The molecular weight excluding hydrogens is 290 g/mol. The van der Waals surface area contributed by atoms with Crippen LogP contribution in [0.15, 0.2) is 24.4 Å². The zero-order chi connectivity index (χ0) is 16.3. The molecule has 0 saturated heterocycles. The molecule has 0 fully saturated rings. The highest BCUT2D eigenvalue weighted by Crippen LogP contribution is 2.24. The van der Waals surface area contributed by atoms with E-state index < -0.39 is 11.6 Å². The van der Waals surface area contributed by atoms with E-state index in [0.29, 0.717) is 5.56 Å². The molecule has 2 aromatic rings. The summed E-state index contributed by atoms with van der Waals surface area (Å²) < 4.78 is 32.2. The Labute approximate surface area is 128 Å². The number of ether oxygens (including phenoxy) is 1. The second-order valence-electron chi connectivity index (χ2n) is 5.02. The van der Waals surface area contributed by atoms with Crippen LogP contribution in [0.3, 0.4) is 0 Å². The van der Waals surface area contributed by atoms with Gasteiger partial charge in [-0.3, -0.25) is 0 Å². The van der Waals surface area contributed by atoms with Crippen molar-refractivity contribution in [2.24, 2.45) is 0 Å². The van der Waals surface area contributed by atoms with Gasteiger partial charge in [0.05, 0.1) is 19.3 Å². The molecule has 0 saturated carbocycles. The number of methoxy groups -OCH3 is 1. The molecule has 7 heteroatoms. The molecule has 0 radical (unpaired) electrons. The Bertz CT molecular complexity index is 664. The Morgan fingerprint density at radius 2 is 1.95 bits per heavy atom. The molecule has 1 atom stereocenters.